The van der Waals surface area contributed by atoms with Crippen molar-refractivity contribution in [2.75, 3.05) is 23.7 Å². The van der Waals surface area contributed by atoms with Gasteiger partial charge in [-0.05, 0) is 65.4 Å². The average molecular weight is 558 g/mol. The Morgan fingerprint density at radius 2 is 1.55 bits per heavy atom. The van der Waals surface area contributed by atoms with E-state index in [1.54, 1.807) is 6.20 Å². The lowest BCUT2D eigenvalue weighted by Gasteiger charge is -2.24. The summed E-state index contributed by atoms with van der Waals surface area (Å²) in [5.74, 6) is 0.329. The highest BCUT2D eigenvalue weighted by molar-refractivity contribution is 6.05. The molecule has 6 nitrogen and oxygen atoms in total. The number of amides is 1. The van der Waals surface area contributed by atoms with Gasteiger partial charge in [0.1, 0.15) is 0 Å². The maximum Gasteiger partial charge on any atom is 0.255 e. The Morgan fingerprint density at radius 3 is 2.17 bits per heavy atom. The number of hydrogen-bond donors (Lipinski definition) is 2. The molecular weight excluding hydrogens is 518 g/mol. The lowest BCUT2D eigenvalue weighted by molar-refractivity contribution is 0.102. The van der Waals surface area contributed by atoms with Crippen LogP contribution in [0, 0.1) is 6.92 Å². The van der Waals surface area contributed by atoms with Crippen LogP contribution in [0.4, 0.5) is 17.3 Å². The molecule has 1 heterocycles. The van der Waals surface area contributed by atoms with Crippen LogP contribution in [0.1, 0.15) is 47.8 Å². The molecule has 214 valence electrons. The Morgan fingerprint density at radius 1 is 0.905 bits per heavy atom. The summed E-state index contributed by atoms with van der Waals surface area (Å²) >= 11 is 0. The average Bonchev–Trinajstić information content (AvgIpc) is 2.98. The summed E-state index contributed by atoms with van der Waals surface area (Å²) in [6.45, 7) is 21.7. The Bertz CT molecular complexity index is 1570. The second kappa shape index (κ2) is 13.1. The lowest BCUT2D eigenvalue weighted by atomic mass is 9.86. The molecule has 0 saturated carbocycles. The van der Waals surface area contributed by atoms with Crippen molar-refractivity contribution in [3.8, 4) is 11.3 Å². The molecule has 0 bridgehead atoms. The van der Waals surface area contributed by atoms with Gasteiger partial charge in [0.15, 0.2) is 0 Å². The summed E-state index contributed by atoms with van der Waals surface area (Å²) in [5, 5.41) is 6.36. The summed E-state index contributed by atoms with van der Waals surface area (Å²) in [6.07, 6.45) is 5.43. The first-order valence-electron chi connectivity index (χ1n) is 14.0. The SMILES string of the molecule is C=CCN(CC=C)C(=C)c1ccc(Nc2nccc(-c3cccc(NC(=O)c4ccc(C(C)(C)C)cc4)c3C)n2)cc1. The maximum absolute atomic E-state index is 13.0. The van der Waals surface area contributed by atoms with E-state index in [1.165, 1.54) is 5.56 Å². The summed E-state index contributed by atoms with van der Waals surface area (Å²) in [7, 11) is 0. The monoisotopic (exact) mass is 557 g/mol. The van der Waals surface area contributed by atoms with Crippen molar-refractivity contribution in [1.29, 1.82) is 0 Å². The van der Waals surface area contributed by atoms with Crippen LogP contribution in [0.3, 0.4) is 0 Å². The van der Waals surface area contributed by atoms with E-state index in [0.717, 1.165) is 39.5 Å². The number of nitrogens with zero attached hydrogens (tertiary/aromatic N) is 3. The molecule has 0 aliphatic rings. The molecule has 0 aliphatic heterocycles. The zero-order chi connectivity index (χ0) is 30.3. The first-order chi connectivity index (χ1) is 20.1. The summed E-state index contributed by atoms with van der Waals surface area (Å²) in [5.41, 5.74) is 7.94. The summed E-state index contributed by atoms with van der Waals surface area (Å²) in [4.78, 5) is 24.3. The van der Waals surface area contributed by atoms with Crippen LogP contribution in [0.5, 0.6) is 0 Å². The third-order valence-corrected chi connectivity index (χ3v) is 7.08. The zero-order valence-corrected chi connectivity index (χ0v) is 24.9. The van der Waals surface area contributed by atoms with Crippen molar-refractivity contribution in [2.45, 2.75) is 33.1 Å². The largest absolute Gasteiger partial charge is 0.364 e. The van der Waals surface area contributed by atoms with E-state index in [4.69, 9.17) is 4.98 Å². The van der Waals surface area contributed by atoms with Gasteiger partial charge < -0.3 is 15.5 Å². The van der Waals surface area contributed by atoms with Crippen molar-refractivity contribution in [2.24, 2.45) is 0 Å². The number of rotatable bonds is 11. The van der Waals surface area contributed by atoms with Gasteiger partial charge in [-0.25, -0.2) is 9.97 Å². The van der Waals surface area contributed by atoms with Gasteiger partial charge in [-0.1, -0.05) is 75.9 Å². The highest BCUT2D eigenvalue weighted by Gasteiger charge is 2.16. The van der Waals surface area contributed by atoms with Crippen LogP contribution in [-0.4, -0.2) is 33.9 Å². The van der Waals surface area contributed by atoms with Crippen LogP contribution in [0.2, 0.25) is 0 Å². The molecule has 1 amide bonds. The fourth-order valence-corrected chi connectivity index (χ4v) is 4.60. The van der Waals surface area contributed by atoms with E-state index in [2.05, 4.69) is 61.0 Å². The number of carbonyl (C=O) groups excluding carboxylic acids is 1. The van der Waals surface area contributed by atoms with Crippen LogP contribution in [0.15, 0.2) is 111 Å². The molecule has 1 aromatic heterocycles. The van der Waals surface area contributed by atoms with Gasteiger partial charge in [-0.3, -0.25) is 4.79 Å². The Labute approximate surface area is 249 Å². The summed E-state index contributed by atoms with van der Waals surface area (Å²) < 4.78 is 0. The first kappa shape index (κ1) is 30.0. The van der Waals surface area contributed by atoms with Crippen molar-refractivity contribution in [1.82, 2.24) is 14.9 Å². The second-order valence-electron chi connectivity index (χ2n) is 11.2. The number of nitrogens with one attached hydrogen (secondary N) is 2. The van der Waals surface area contributed by atoms with Crippen molar-refractivity contribution in [3.63, 3.8) is 0 Å². The number of carbonyl (C=O) groups is 1. The van der Waals surface area contributed by atoms with Crippen molar-refractivity contribution >= 4 is 28.9 Å². The standard InChI is InChI=1S/C36H39N5O/c1-8-23-41(24-9-2)26(4)27-15-19-30(20-16-27)38-35-37-22-21-33(40-35)31-11-10-12-32(25(31)3)39-34(42)28-13-17-29(18-14-28)36(5,6)7/h8-22H,1-2,4,23-24H2,3,5-7H3,(H,39,42)(H,37,38,40). The highest BCUT2D eigenvalue weighted by Crippen LogP contribution is 2.29. The third-order valence-electron chi connectivity index (χ3n) is 7.08. The fourth-order valence-electron chi connectivity index (χ4n) is 4.60. The molecule has 0 fully saturated rings. The minimum atomic E-state index is -0.149. The molecular formula is C36H39N5O. The fraction of sp³-hybridized carbons (Fsp3) is 0.194. The van der Waals surface area contributed by atoms with E-state index in [1.807, 2.05) is 91.9 Å². The smallest absolute Gasteiger partial charge is 0.255 e. The molecule has 3 aromatic carbocycles. The molecule has 0 saturated heterocycles. The van der Waals surface area contributed by atoms with E-state index >= 15 is 0 Å². The zero-order valence-electron chi connectivity index (χ0n) is 24.9. The molecule has 0 unspecified atom stereocenters. The number of anilines is 3. The van der Waals surface area contributed by atoms with Crippen molar-refractivity contribution in [3.05, 3.63) is 133 Å². The molecule has 42 heavy (non-hydrogen) atoms. The van der Waals surface area contributed by atoms with E-state index in [0.29, 0.717) is 24.6 Å². The van der Waals surface area contributed by atoms with Crippen LogP contribution >= 0.6 is 0 Å². The molecule has 2 N–H and O–H groups in total. The Hall–Kier alpha value is -4.97. The molecule has 0 atom stereocenters. The quantitative estimate of drug-likeness (QED) is 0.181. The molecule has 4 rings (SSSR count). The first-order valence-corrected chi connectivity index (χ1v) is 14.0. The second-order valence-corrected chi connectivity index (χ2v) is 11.2. The van der Waals surface area contributed by atoms with Gasteiger partial charge >= 0.3 is 0 Å². The van der Waals surface area contributed by atoms with Gasteiger partial charge in [0, 0.05) is 47.5 Å². The lowest BCUT2D eigenvalue weighted by Crippen LogP contribution is -2.21. The van der Waals surface area contributed by atoms with Gasteiger partial charge in [-0.2, -0.15) is 0 Å². The van der Waals surface area contributed by atoms with Crippen LogP contribution in [-0.2, 0) is 5.41 Å². The molecule has 0 spiro atoms. The number of hydrogen-bond acceptors (Lipinski definition) is 5. The summed E-state index contributed by atoms with van der Waals surface area (Å²) in [6, 6.07) is 23.4. The molecule has 0 radical (unpaired) electrons. The van der Waals surface area contributed by atoms with E-state index in [-0.39, 0.29) is 11.3 Å². The minimum absolute atomic E-state index is 0.0301. The minimum Gasteiger partial charge on any atom is -0.364 e. The number of benzene rings is 3. The highest BCUT2D eigenvalue weighted by atomic mass is 16.1. The topological polar surface area (TPSA) is 70.2 Å². The van der Waals surface area contributed by atoms with Gasteiger partial charge in [-0.15, -0.1) is 13.2 Å². The normalized spacial score (nSPS) is 11.0. The Balaban J connectivity index is 1.49. The van der Waals surface area contributed by atoms with E-state index < -0.39 is 0 Å². The predicted octanol–water partition coefficient (Wildman–Crippen LogP) is 8.39. The predicted molar refractivity (Wildman–Crippen MR) is 176 cm³/mol. The number of aromatic nitrogens is 2. The maximum atomic E-state index is 13.0. The van der Waals surface area contributed by atoms with Crippen LogP contribution in [0.25, 0.3) is 17.0 Å². The van der Waals surface area contributed by atoms with Crippen LogP contribution < -0.4 is 10.6 Å². The molecule has 0 aliphatic carbocycles. The van der Waals surface area contributed by atoms with Gasteiger partial charge in [0.25, 0.3) is 5.91 Å². The molecule has 6 heteroatoms. The third kappa shape index (κ3) is 7.21. The van der Waals surface area contributed by atoms with E-state index in [9.17, 15) is 4.79 Å². The Kier molecular flexibility index (Phi) is 9.38. The van der Waals surface area contributed by atoms with Gasteiger partial charge in [0.05, 0.1) is 5.69 Å². The van der Waals surface area contributed by atoms with Gasteiger partial charge in [0.2, 0.25) is 5.95 Å². The molecule has 4 aromatic rings. The van der Waals surface area contributed by atoms with Crippen molar-refractivity contribution < 1.29 is 4.79 Å².